The zero-order valence-electron chi connectivity index (χ0n) is 15.3. The lowest BCUT2D eigenvalue weighted by Gasteiger charge is -2.10. The van der Waals surface area contributed by atoms with Crippen molar-refractivity contribution in [3.05, 3.63) is 60.4 Å². The van der Waals surface area contributed by atoms with Crippen LogP contribution in [-0.2, 0) is 6.54 Å². The van der Waals surface area contributed by atoms with Crippen LogP contribution in [0, 0.1) is 5.92 Å². The highest BCUT2D eigenvalue weighted by Crippen LogP contribution is 2.15. The molecule has 5 heteroatoms. The summed E-state index contributed by atoms with van der Waals surface area (Å²) in [4.78, 5) is 16.7. The van der Waals surface area contributed by atoms with Gasteiger partial charge < -0.3 is 14.6 Å². The van der Waals surface area contributed by atoms with Crippen LogP contribution in [0.4, 0.5) is 0 Å². The number of nitrogens with zero attached hydrogens (tertiary/aromatic N) is 2. The maximum absolute atomic E-state index is 12.3. The summed E-state index contributed by atoms with van der Waals surface area (Å²) >= 11 is 0. The molecule has 1 amide bonds. The molecule has 0 saturated heterocycles. The molecule has 1 aromatic heterocycles. The molecule has 0 aliphatic rings. The molecule has 26 heavy (non-hydrogen) atoms. The zero-order valence-corrected chi connectivity index (χ0v) is 15.3. The van der Waals surface area contributed by atoms with E-state index in [1.54, 1.807) is 12.1 Å². The molecule has 0 aliphatic carbocycles. The van der Waals surface area contributed by atoms with Crippen LogP contribution in [0.5, 0.6) is 5.75 Å². The molecule has 0 unspecified atom stereocenters. The van der Waals surface area contributed by atoms with Crippen LogP contribution in [0.1, 0.15) is 30.6 Å². The Bertz CT molecular complexity index is 870. The van der Waals surface area contributed by atoms with Gasteiger partial charge in [0.05, 0.1) is 24.0 Å². The van der Waals surface area contributed by atoms with Gasteiger partial charge >= 0.3 is 0 Å². The minimum atomic E-state index is -0.0736. The predicted molar refractivity (Wildman–Crippen MR) is 103 cm³/mol. The first-order valence-corrected chi connectivity index (χ1v) is 9.04. The Morgan fingerprint density at radius 1 is 1.19 bits per heavy atom. The number of fused-ring (bicyclic) bond motifs is 1. The van der Waals surface area contributed by atoms with Crippen LogP contribution >= 0.6 is 0 Å². The van der Waals surface area contributed by atoms with E-state index in [2.05, 4.69) is 34.8 Å². The van der Waals surface area contributed by atoms with Gasteiger partial charge in [0.2, 0.25) is 0 Å². The molecule has 3 aromatic rings. The van der Waals surface area contributed by atoms with Crippen LogP contribution in [0.3, 0.4) is 0 Å². The summed E-state index contributed by atoms with van der Waals surface area (Å²) in [7, 11) is 0. The van der Waals surface area contributed by atoms with E-state index in [1.807, 2.05) is 36.7 Å². The number of benzene rings is 2. The number of rotatable bonds is 8. The molecule has 1 heterocycles. The molecule has 0 spiro atoms. The number of hydrogen-bond donors (Lipinski definition) is 1. The summed E-state index contributed by atoms with van der Waals surface area (Å²) < 4.78 is 7.80. The van der Waals surface area contributed by atoms with Crippen LogP contribution < -0.4 is 10.1 Å². The molecule has 0 bridgehead atoms. The van der Waals surface area contributed by atoms with Gasteiger partial charge in [-0.2, -0.15) is 0 Å². The van der Waals surface area contributed by atoms with E-state index in [1.165, 1.54) is 0 Å². The van der Waals surface area contributed by atoms with Crippen molar-refractivity contribution in [2.75, 3.05) is 13.2 Å². The summed E-state index contributed by atoms with van der Waals surface area (Å²) in [6, 6.07) is 15.4. The SMILES string of the molecule is CC(C)COc1cccc(C(=O)NCCCn2cnc3ccccc32)c1. The molecular formula is C21H25N3O2. The van der Waals surface area contributed by atoms with Crippen molar-refractivity contribution in [2.24, 2.45) is 5.92 Å². The second-order valence-electron chi connectivity index (χ2n) is 6.77. The van der Waals surface area contributed by atoms with Crippen molar-refractivity contribution in [2.45, 2.75) is 26.8 Å². The fourth-order valence-corrected chi connectivity index (χ4v) is 2.73. The Morgan fingerprint density at radius 2 is 2.04 bits per heavy atom. The number of carbonyl (C=O) groups is 1. The van der Waals surface area contributed by atoms with Gasteiger partial charge in [0.25, 0.3) is 5.91 Å². The Kier molecular flexibility index (Phi) is 5.89. The summed E-state index contributed by atoms with van der Waals surface area (Å²) in [6.45, 7) is 6.27. The molecule has 5 nitrogen and oxygen atoms in total. The highest BCUT2D eigenvalue weighted by Gasteiger charge is 2.07. The molecule has 0 aliphatic heterocycles. The number of amides is 1. The Balaban J connectivity index is 1.49. The van der Waals surface area contributed by atoms with Crippen LogP contribution in [0.25, 0.3) is 11.0 Å². The fraction of sp³-hybridized carbons (Fsp3) is 0.333. The van der Waals surface area contributed by atoms with Gasteiger partial charge in [0.15, 0.2) is 0 Å². The molecule has 0 atom stereocenters. The van der Waals surface area contributed by atoms with E-state index in [4.69, 9.17) is 4.74 Å². The maximum Gasteiger partial charge on any atom is 0.251 e. The van der Waals surface area contributed by atoms with Crippen LogP contribution in [-0.4, -0.2) is 28.6 Å². The lowest BCUT2D eigenvalue weighted by atomic mass is 10.2. The highest BCUT2D eigenvalue weighted by atomic mass is 16.5. The third-order valence-electron chi connectivity index (χ3n) is 4.07. The Labute approximate surface area is 154 Å². The average Bonchev–Trinajstić information content (AvgIpc) is 3.07. The molecule has 0 saturated carbocycles. The molecule has 136 valence electrons. The van der Waals surface area contributed by atoms with Crippen LogP contribution in [0.15, 0.2) is 54.9 Å². The van der Waals surface area contributed by atoms with E-state index in [-0.39, 0.29) is 5.91 Å². The standard InChI is InChI=1S/C21H25N3O2/c1-16(2)14-26-18-8-5-7-17(13-18)21(25)22-11-6-12-24-15-23-19-9-3-4-10-20(19)24/h3-5,7-10,13,15-16H,6,11-12,14H2,1-2H3,(H,22,25). The number of para-hydroxylation sites is 2. The minimum absolute atomic E-state index is 0.0736. The normalized spacial score (nSPS) is 11.0. The van der Waals surface area contributed by atoms with Crippen molar-refractivity contribution in [3.63, 3.8) is 0 Å². The van der Waals surface area contributed by atoms with Crippen molar-refractivity contribution in [1.29, 1.82) is 0 Å². The Morgan fingerprint density at radius 3 is 2.88 bits per heavy atom. The van der Waals surface area contributed by atoms with E-state index in [0.717, 1.165) is 29.7 Å². The Hall–Kier alpha value is -2.82. The minimum Gasteiger partial charge on any atom is -0.493 e. The van der Waals surface area contributed by atoms with Crippen molar-refractivity contribution in [1.82, 2.24) is 14.9 Å². The summed E-state index contributed by atoms with van der Waals surface area (Å²) in [5, 5.41) is 2.97. The average molecular weight is 351 g/mol. The molecule has 0 fully saturated rings. The topological polar surface area (TPSA) is 56.1 Å². The molecule has 0 radical (unpaired) electrons. The van der Waals surface area contributed by atoms with Gasteiger partial charge in [-0.3, -0.25) is 4.79 Å². The van der Waals surface area contributed by atoms with E-state index in [0.29, 0.717) is 24.6 Å². The quantitative estimate of drug-likeness (QED) is 0.626. The van der Waals surface area contributed by atoms with E-state index in [9.17, 15) is 4.79 Å². The van der Waals surface area contributed by atoms with Gasteiger partial charge in [-0.25, -0.2) is 4.98 Å². The molecule has 2 aromatic carbocycles. The largest absolute Gasteiger partial charge is 0.493 e. The molecular weight excluding hydrogens is 326 g/mol. The van der Waals surface area contributed by atoms with Gasteiger partial charge in [-0.15, -0.1) is 0 Å². The number of imidazole rings is 1. The third-order valence-corrected chi connectivity index (χ3v) is 4.07. The number of ether oxygens (including phenoxy) is 1. The lowest BCUT2D eigenvalue weighted by molar-refractivity contribution is 0.0952. The zero-order chi connectivity index (χ0) is 18.4. The number of nitrogens with one attached hydrogen (secondary N) is 1. The lowest BCUT2D eigenvalue weighted by Crippen LogP contribution is -2.25. The number of hydrogen-bond acceptors (Lipinski definition) is 3. The first kappa shape index (κ1) is 18.0. The van der Waals surface area contributed by atoms with E-state index >= 15 is 0 Å². The van der Waals surface area contributed by atoms with Crippen molar-refractivity contribution < 1.29 is 9.53 Å². The third kappa shape index (κ3) is 4.63. The first-order valence-electron chi connectivity index (χ1n) is 9.04. The van der Waals surface area contributed by atoms with E-state index < -0.39 is 0 Å². The number of aryl methyl sites for hydroxylation is 1. The first-order chi connectivity index (χ1) is 12.6. The van der Waals surface area contributed by atoms with Gasteiger partial charge in [0, 0.05) is 18.7 Å². The van der Waals surface area contributed by atoms with Gasteiger partial charge in [-0.05, 0) is 42.7 Å². The van der Waals surface area contributed by atoms with Gasteiger partial charge in [0.1, 0.15) is 5.75 Å². The smallest absolute Gasteiger partial charge is 0.251 e. The monoisotopic (exact) mass is 351 g/mol. The second kappa shape index (κ2) is 8.52. The highest BCUT2D eigenvalue weighted by molar-refractivity contribution is 5.94. The fourth-order valence-electron chi connectivity index (χ4n) is 2.73. The molecule has 1 N–H and O–H groups in total. The molecule has 3 rings (SSSR count). The number of carbonyl (C=O) groups excluding carboxylic acids is 1. The summed E-state index contributed by atoms with van der Waals surface area (Å²) in [5.74, 6) is 1.11. The second-order valence-corrected chi connectivity index (χ2v) is 6.77. The predicted octanol–water partition coefficient (Wildman–Crippen LogP) is 3.89. The summed E-state index contributed by atoms with van der Waals surface area (Å²) in [6.07, 6.45) is 2.69. The van der Waals surface area contributed by atoms with Crippen LogP contribution in [0.2, 0.25) is 0 Å². The van der Waals surface area contributed by atoms with Crippen molar-refractivity contribution in [3.8, 4) is 5.75 Å². The van der Waals surface area contributed by atoms with Crippen molar-refractivity contribution >= 4 is 16.9 Å². The summed E-state index contributed by atoms with van der Waals surface area (Å²) in [5.41, 5.74) is 2.74. The maximum atomic E-state index is 12.3. The van der Waals surface area contributed by atoms with Gasteiger partial charge in [-0.1, -0.05) is 32.0 Å². The number of aromatic nitrogens is 2.